The van der Waals surface area contributed by atoms with Gasteiger partial charge in [-0.15, -0.1) is 0 Å². The van der Waals surface area contributed by atoms with Crippen LogP contribution in [0, 0.1) is 3.57 Å². The van der Waals surface area contributed by atoms with Crippen molar-refractivity contribution in [1.29, 1.82) is 0 Å². The zero-order valence-corrected chi connectivity index (χ0v) is 16.5. The molecule has 0 bridgehead atoms. The molecule has 4 aromatic carbocycles. The van der Waals surface area contributed by atoms with E-state index in [2.05, 4.69) is 100.0 Å². The van der Waals surface area contributed by atoms with Gasteiger partial charge in [0.2, 0.25) is 0 Å². The van der Waals surface area contributed by atoms with Gasteiger partial charge in [0.1, 0.15) is 11.2 Å². The molecular weight excluding hydrogens is 445 g/mol. The minimum absolute atomic E-state index is 0.929. The molecule has 0 N–H and O–H groups in total. The Balaban J connectivity index is 1.92. The summed E-state index contributed by atoms with van der Waals surface area (Å²) in [6.07, 6.45) is 0. The molecule has 6 rings (SSSR count). The Morgan fingerprint density at radius 2 is 1.37 bits per heavy atom. The first kappa shape index (κ1) is 15.3. The van der Waals surface area contributed by atoms with E-state index in [1.54, 1.807) is 0 Å². The number of hydrogen-bond acceptors (Lipinski definition) is 1. The van der Waals surface area contributed by atoms with Gasteiger partial charge in [-0.25, -0.2) is 0 Å². The third-order valence-corrected chi connectivity index (χ3v) is 5.98. The Morgan fingerprint density at radius 1 is 0.630 bits per heavy atom. The fraction of sp³-hybridized carbons (Fsp3) is 0. The summed E-state index contributed by atoms with van der Waals surface area (Å²) in [5.41, 5.74) is 5.45. The van der Waals surface area contributed by atoms with Crippen molar-refractivity contribution < 1.29 is 4.42 Å². The standard InChI is InChI=1S/C24H14INO/c25-15-9-11-16(12-10-15)26-20-7-3-1-5-17(20)18-13-14-22-23(24(18)26)19-6-2-4-8-21(19)27-22/h1-14H. The Morgan fingerprint density at radius 3 is 2.22 bits per heavy atom. The van der Waals surface area contributed by atoms with Crippen LogP contribution in [0.3, 0.4) is 0 Å². The van der Waals surface area contributed by atoms with Gasteiger partial charge in [-0.1, -0.05) is 36.4 Å². The maximum Gasteiger partial charge on any atom is 0.137 e. The first-order chi connectivity index (χ1) is 13.3. The van der Waals surface area contributed by atoms with Gasteiger partial charge in [0.15, 0.2) is 0 Å². The number of nitrogens with zero attached hydrogens (tertiary/aromatic N) is 1. The molecule has 0 spiro atoms. The third-order valence-electron chi connectivity index (χ3n) is 5.26. The van der Waals surface area contributed by atoms with Gasteiger partial charge in [0, 0.05) is 25.4 Å². The molecule has 2 nitrogen and oxygen atoms in total. The van der Waals surface area contributed by atoms with Crippen LogP contribution in [-0.2, 0) is 0 Å². The lowest BCUT2D eigenvalue weighted by atomic mass is 10.1. The zero-order valence-electron chi connectivity index (χ0n) is 14.3. The van der Waals surface area contributed by atoms with Gasteiger partial charge in [0.05, 0.1) is 16.4 Å². The van der Waals surface area contributed by atoms with Crippen molar-refractivity contribution in [2.45, 2.75) is 0 Å². The molecule has 0 aliphatic heterocycles. The quantitative estimate of drug-likeness (QED) is 0.236. The van der Waals surface area contributed by atoms with E-state index in [-0.39, 0.29) is 0 Å². The summed E-state index contributed by atoms with van der Waals surface area (Å²) in [5.74, 6) is 0. The van der Waals surface area contributed by atoms with Gasteiger partial charge in [-0.2, -0.15) is 0 Å². The number of fused-ring (bicyclic) bond motifs is 7. The summed E-state index contributed by atoms with van der Waals surface area (Å²) in [6.45, 7) is 0. The van der Waals surface area contributed by atoms with E-state index in [9.17, 15) is 0 Å². The van der Waals surface area contributed by atoms with Gasteiger partial charge in [0.25, 0.3) is 0 Å². The molecule has 0 saturated carbocycles. The Bertz CT molecular complexity index is 1470. The van der Waals surface area contributed by atoms with E-state index < -0.39 is 0 Å². The fourth-order valence-corrected chi connectivity index (χ4v) is 4.48. The highest BCUT2D eigenvalue weighted by molar-refractivity contribution is 14.1. The fourth-order valence-electron chi connectivity index (χ4n) is 4.12. The minimum Gasteiger partial charge on any atom is -0.456 e. The Kier molecular flexibility index (Phi) is 3.17. The molecule has 6 aromatic rings. The van der Waals surface area contributed by atoms with Gasteiger partial charge in [-0.05, 0) is 71.1 Å². The monoisotopic (exact) mass is 459 g/mol. The molecule has 0 aliphatic carbocycles. The van der Waals surface area contributed by atoms with Crippen LogP contribution in [0.5, 0.6) is 0 Å². The van der Waals surface area contributed by atoms with Gasteiger partial charge < -0.3 is 8.98 Å². The van der Waals surface area contributed by atoms with E-state index in [1.165, 1.54) is 36.4 Å². The molecule has 0 atom stereocenters. The molecule has 27 heavy (non-hydrogen) atoms. The smallest absolute Gasteiger partial charge is 0.137 e. The summed E-state index contributed by atoms with van der Waals surface area (Å²) in [4.78, 5) is 0. The van der Waals surface area contributed by atoms with Crippen LogP contribution in [0.15, 0.2) is 89.3 Å². The van der Waals surface area contributed by atoms with Crippen LogP contribution in [0.2, 0.25) is 0 Å². The average molecular weight is 459 g/mol. The number of aromatic nitrogens is 1. The number of furan rings is 1. The number of para-hydroxylation sites is 2. The summed E-state index contributed by atoms with van der Waals surface area (Å²) in [6, 6.07) is 29.9. The van der Waals surface area contributed by atoms with Crippen LogP contribution in [0.25, 0.3) is 49.4 Å². The van der Waals surface area contributed by atoms with Crippen molar-refractivity contribution in [2.75, 3.05) is 0 Å². The Hall–Kier alpha value is -2.79. The lowest BCUT2D eigenvalue weighted by molar-refractivity contribution is 0.669. The van der Waals surface area contributed by atoms with E-state index in [4.69, 9.17) is 4.42 Å². The first-order valence-corrected chi connectivity index (χ1v) is 9.98. The third kappa shape index (κ3) is 2.12. The minimum atomic E-state index is 0.929. The van der Waals surface area contributed by atoms with Crippen molar-refractivity contribution in [1.82, 2.24) is 4.57 Å². The van der Waals surface area contributed by atoms with E-state index in [0.29, 0.717) is 0 Å². The predicted molar refractivity (Wildman–Crippen MR) is 121 cm³/mol. The van der Waals surface area contributed by atoms with Crippen molar-refractivity contribution in [3.8, 4) is 5.69 Å². The van der Waals surface area contributed by atoms with E-state index in [0.717, 1.165) is 16.6 Å². The van der Waals surface area contributed by atoms with Crippen molar-refractivity contribution in [2.24, 2.45) is 0 Å². The second-order valence-electron chi connectivity index (χ2n) is 6.76. The molecular formula is C24H14INO. The largest absolute Gasteiger partial charge is 0.456 e. The number of hydrogen-bond donors (Lipinski definition) is 0. The maximum atomic E-state index is 6.15. The zero-order chi connectivity index (χ0) is 18.0. The first-order valence-electron chi connectivity index (χ1n) is 8.90. The molecule has 128 valence electrons. The van der Waals surface area contributed by atoms with Crippen LogP contribution in [0.4, 0.5) is 0 Å². The van der Waals surface area contributed by atoms with Crippen molar-refractivity contribution >= 4 is 66.3 Å². The average Bonchev–Trinajstić information content (AvgIpc) is 3.24. The summed E-state index contributed by atoms with van der Waals surface area (Å²) >= 11 is 2.35. The van der Waals surface area contributed by atoms with Crippen LogP contribution >= 0.6 is 22.6 Å². The van der Waals surface area contributed by atoms with Crippen molar-refractivity contribution in [3.63, 3.8) is 0 Å². The highest BCUT2D eigenvalue weighted by Gasteiger charge is 2.18. The normalized spacial score (nSPS) is 11.9. The van der Waals surface area contributed by atoms with Gasteiger partial charge >= 0.3 is 0 Å². The number of halogens is 1. The van der Waals surface area contributed by atoms with Crippen LogP contribution in [0.1, 0.15) is 0 Å². The van der Waals surface area contributed by atoms with E-state index >= 15 is 0 Å². The topological polar surface area (TPSA) is 18.1 Å². The molecule has 2 aromatic heterocycles. The maximum absolute atomic E-state index is 6.15. The summed E-state index contributed by atoms with van der Waals surface area (Å²) in [5, 5.41) is 4.85. The summed E-state index contributed by atoms with van der Waals surface area (Å²) < 4.78 is 9.75. The number of rotatable bonds is 1. The second kappa shape index (κ2) is 5.60. The molecule has 0 fully saturated rings. The second-order valence-corrected chi connectivity index (χ2v) is 8.01. The number of benzene rings is 4. The summed E-state index contributed by atoms with van der Waals surface area (Å²) in [7, 11) is 0. The van der Waals surface area contributed by atoms with Crippen molar-refractivity contribution in [3.05, 3.63) is 88.5 Å². The highest BCUT2D eigenvalue weighted by atomic mass is 127. The lowest BCUT2D eigenvalue weighted by Gasteiger charge is -2.08. The Labute approximate surface area is 169 Å². The molecule has 3 heteroatoms. The van der Waals surface area contributed by atoms with Crippen LogP contribution < -0.4 is 0 Å². The molecule has 0 saturated heterocycles. The lowest BCUT2D eigenvalue weighted by Crippen LogP contribution is -1.94. The molecule has 0 radical (unpaired) electrons. The highest BCUT2D eigenvalue weighted by Crippen LogP contribution is 2.40. The predicted octanol–water partition coefficient (Wildman–Crippen LogP) is 7.29. The molecule has 2 heterocycles. The SMILES string of the molecule is Ic1ccc(-n2c3ccccc3c3ccc4oc5ccccc5c4c32)cc1. The molecule has 0 aliphatic rings. The van der Waals surface area contributed by atoms with Gasteiger partial charge in [-0.3, -0.25) is 0 Å². The van der Waals surface area contributed by atoms with Crippen LogP contribution in [-0.4, -0.2) is 4.57 Å². The molecule has 0 amide bonds. The molecule has 0 unspecified atom stereocenters. The van der Waals surface area contributed by atoms with E-state index in [1.807, 2.05) is 12.1 Å².